The second-order valence-corrected chi connectivity index (χ2v) is 10.7. The van der Waals surface area contributed by atoms with Gasteiger partial charge in [0.15, 0.2) is 0 Å². The molecule has 3 heterocycles. The van der Waals surface area contributed by atoms with Crippen molar-refractivity contribution in [2.24, 2.45) is 0 Å². The van der Waals surface area contributed by atoms with E-state index in [1.807, 2.05) is 36.4 Å². The number of nitrogens with zero attached hydrogens (tertiary/aromatic N) is 2. The highest BCUT2D eigenvalue weighted by molar-refractivity contribution is 7.98. The molecule has 2 unspecified atom stereocenters. The lowest BCUT2D eigenvalue weighted by Crippen LogP contribution is -2.51. The van der Waals surface area contributed by atoms with Gasteiger partial charge in [-0.05, 0) is 49.9 Å². The highest BCUT2D eigenvalue weighted by Gasteiger charge is 2.32. The molecule has 3 aromatic rings. The van der Waals surface area contributed by atoms with E-state index in [1.54, 1.807) is 18.9 Å². The van der Waals surface area contributed by atoms with E-state index < -0.39 is 30.8 Å². The minimum absolute atomic E-state index is 0.146. The first-order valence-corrected chi connectivity index (χ1v) is 14.0. The summed E-state index contributed by atoms with van der Waals surface area (Å²) in [7, 11) is 3.37. The Bertz CT molecular complexity index is 1360. The zero-order chi connectivity index (χ0) is 27.4. The predicted octanol–water partition coefficient (Wildman–Crippen LogP) is 5.23. The molecule has 2 N–H and O–H groups in total. The molecule has 1 aliphatic heterocycles. The molecule has 4 rings (SSSR count). The zero-order valence-electron chi connectivity index (χ0n) is 21.1. The van der Waals surface area contributed by atoms with Crippen LogP contribution in [0.2, 0.25) is 0 Å². The lowest BCUT2D eigenvalue weighted by atomic mass is 10.0. The minimum atomic E-state index is -4.48. The van der Waals surface area contributed by atoms with Crippen molar-refractivity contribution >= 4 is 44.9 Å². The van der Waals surface area contributed by atoms with Crippen molar-refractivity contribution < 1.29 is 27.1 Å². The summed E-state index contributed by atoms with van der Waals surface area (Å²) < 4.78 is 61.1. The number of thiophene rings is 1. The topological polar surface area (TPSA) is 58.5 Å². The number of rotatable bonds is 7. The third kappa shape index (κ3) is 6.57. The quantitative estimate of drug-likeness (QED) is 0.232. The number of hydrogen-bond acceptors (Lipinski definition) is 6. The van der Waals surface area contributed by atoms with Gasteiger partial charge in [-0.15, -0.1) is 23.1 Å². The van der Waals surface area contributed by atoms with Crippen LogP contribution in [0.4, 0.5) is 23.2 Å². The molecule has 1 fully saturated rings. The van der Waals surface area contributed by atoms with Crippen LogP contribution >= 0.6 is 23.1 Å². The van der Waals surface area contributed by atoms with E-state index >= 15 is 0 Å². The molecule has 38 heavy (non-hydrogen) atoms. The van der Waals surface area contributed by atoms with Crippen LogP contribution in [-0.4, -0.2) is 73.8 Å². The van der Waals surface area contributed by atoms with Crippen molar-refractivity contribution in [1.82, 2.24) is 14.8 Å². The number of aromatic nitrogens is 1. The normalized spacial score (nSPS) is 18.2. The fourth-order valence-corrected chi connectivity index (χ4v) is 5.81. The third-order valence-electron chi connectivity index (χ3n) is 6.26. The van der Waals surface area contributed by atoms with E-state index in [9.17, 15) is 22.4 Å². The highest BCUT2D eigenvalue weighted by Crippen LogP contribution is 2.33. The van der Waals surface area contributed by atoms with Gasteiger partial charge in [-0.3, -0.25) is 4.79 Å². The summed E-state index contributed by atoms with van der Waals surface area (Å²) in [6.07, 6.45) is -3.28. The molecule has 1 saturated heterocycles. The molecular weight excluding hydrogens is 540 g/mol. The van der Waals surface area contributed by atoms with Crippen LogP contribution in [0.5, 0.6) is 5.75 Å². The average Bonchev–Trinajstić information content (AvgIpc) is 3.42. The number of likely N-dealkylation sites (tertiary alicyclic amines) is 1. The van der Waals surface area contributed by atoms with Crippen molar-refractivity contribution in [3.63, 3.8) is 0 Å². The van der Waals surface area contributed by atoms with Crippen molar-refractivity contribution in [2.45, 2.75) is 36.3 Å². The molecular formula is C26H28F4N4O2S2. The first-order valence-electron chi connectivity index (χ1n) is 11.9. The van der Waals surface area contributed by atoms with Crippen LogP contribution in [0.25, 0.3) is 10.2 Å². The molecule has 6 nitrogen and oxygen atoms in total. The number of halogens is 4. The maximum Gasteiger partial charge on any atom is 0.406 e. The van der Waals surface area contributed by atoms with Gasteiger partial charge in [0.05, 0.1) is 36.6 Å². The van der Waals surface area contributed by atoms with Crippen LogP contribution in [0.1, 0.15) is 22.5 Å². The molecule has 1 aliphatic rings. The highest BCUT2D eigenvalue weighted by atomic mass is 32.2. The lowest BCUT2D eigenvalue weighted by Gasteiger charge is -2.32. The molecule has 0 bridgehead atoms. The number of benzene rings is 1. The summed E-state index contributed by atoms with van der Waals surface area (Å²) in [5, 5.41) is 7.73. The van der Waals surface area contributed by atoms with E-state index in [2.05, 4.69) is 22.5 Å². The molecule has 1 aromatic carbocycles. The van der Waals surface area contributed by atoms with Gasteiger partial charge in [-0.2, -0.15) is 13.2 Å². The van der Waals surface area contributed by atoms with Crippen molar-refractivity contribution in [3.05, 3.63) is 40.9 Å². The molecule has 2 atom stereocenters. The summed E-state index contributed by atoms with van der Waals surface area (Å²) in [6.45, 7) is -0.205. The van der Waals surface area contributed by atoms with Crippen LogP contribution < -0.4 is 15.4 Å². The van der Waals surface area contributed by atoms with Crippen molar-refractivity contribution in [2.75, 3.05) is 45.4 Å². The molecule has 0 spiro atoms. The van der Waals surface area contributed by atoms with Crippen molar-refractivity contribution in [3.8, 4) is 17.6 Å². The molecule has 0 aliphatic carbocycles. The number of amides is 1. The summed E-state index contributed by atoms with van der Waals surface area (Å²) in [4.78, 5) is 16.1. The summed E-state index contributed by atoms with van der Waals surface area (Å²) >= 11 is 2.61. The number of thioether (sulfide) groups is 1. The Kier molecular flexibility index (Phi) is 8.80. The van der Waals surface area contributed by atoms with Gasteiger partial charge in [0.1, 0.15) is 23.3 Å². The fraction of sp³-hybridized carbons (Fsp3) is 0.423. The van der Waals surface area contributed by atoms with Crippen LogP contribution in [0.3, 0.4) is 0 Å². The van der Waals surface area contributed by atoms with E-state index in [1.165, 1.54) is 11.4 Å². The first kappa shape index (κ1) is 28.1. The number of piperidine rings is 1. The van der Waals surface area contributed by atoms with Gasteiger partial charge in [0, 0.05) is 28.8 Å². The lowest BCUT2D eigenvalue weighted by molar-refractivity contribution is -0.139. The Hall–Kier alpha value is -2.88. The van der Waals surface area contributed by atoms with Gasteiger partial charge < -0.3 is 24.8 Å². The first-order chi connectivity index (χ1) is 18.1. The Balaban J connectivity index is 1.56. The van der Waals surface area contributed by atoms with E-state index in [4.69, 9.17) is 4.74 Å². The van der Waals surface area contributed by atoms with Gasteiger partial charge in [-0.25, -0.2) is 4.39 Å². The molecule has 0 saturated carbocycles. The Morgan fingerprint density at radius 2 is 2.11 bits per heavy atom. The number of alkyl halides is 4. The van der Waals surface area contributed by atoms with Crippen LogP contribution in [-0.2, 0) is 6.54 Å². The number of hydrogen-bond donors (Lipinski definition) is 2. The Morgan fingerprint density at radius 1 is 1.32 bits per heavy atom. The van der Waals surface area contributed by atoms with Gasteiger partial charge in [0.25, 0.3) is 5.91 Å². The number of fused-ring (bicyclic) bond motifs is 1. The van der Waals surface area contributed by atoms with E-state index in [0.29, 0.717) is 34.6 Å². The van der Waals surface area contributed by atoms with Crippen LogP contribution in [0, 0.1) is 11.8 Å². The maximum atomic E-state index is 14.4. The average molecular weight is 569 g/mol. The fourth-order valence-electron chi connectivity index (χ4n) is 4.33. The monoisotopic (exact) mass is 568 g/mol. The Labute approximate surface area is 226 Å². The second kappa shape index (κ2) is 11.9. The summed E-state index contributed by atoms with van der Waals surface area (Å²) in [5.74, 6) is 5.82. The Morgan fingerprint density at radius 3 is 2.79 bits per heavy atom. The standard InChI is InChI=1S/C26H28F4N4O2S2/c1-33-10-8-21(20(27)13-33)32-24(35)19-14-38-25-18(19)11-16(34(25)15-26(28,29)30)5-4-9-31-22-7-6-17(37-3)12-23(22)36-2/h6-7,11-12,14,20-21,31H,8-10,13,15H2,1-3H3,(H,32,35). The second-order valence-electron chi connectivity index (χ2n) is 8.97. The van der Waals surface area contributed by atoms with Gasteiger partial charge in [0.2, 0.25) is 0 Å². The molecule has 204 valence electrons. The summed E-state index contributed by atoms with van der Waals surface area (Å²) in [6, 6.07) is 6.51. The van der Waals surface area contributed by atoms with Gasteiger partial charge in [-0.1, -0.05) is 5.92 Å². The number of methoxy groups -OCH3 is 1. The largest absolute Gasteiger partial charge is 0.495 e. The number of carbonyl (C=O) groups excluding carboxylic acids is 1. The SMILES string of the molecule is COc1cc(SC)ccc1NCC#Cc1cc2c(C(=O)NC3CCN(C)CC3F)csc2n1CC(F)(F)F. The predicted molar refractivity (Wildman–Crippen MR) is 144 cm³/mol. The number of nitrogens with one attached hydrogen (secondary N) is 2. The summed E-state index contributed by atoms with van der Waals surface area (Å²) in [5.41, 5.74) is 1.08. The molecule has 0 radical (unpaired) electrons. The van der Waals surface area contributed by atoms with Gasteiger partial charge >= 0.3 is 6.18 Å². The third-order valence-corrected chi connectivity index (χ3v) is 8.00. The number of carbonyl (C=O) groups is 1. The van der Waals surface area contributed by atoms with E-state index in [0.717, 1.165) is 20.8 Å². The molecule has 2 aromatic heterocycles. The number of ether oxygens (including phenoxy) is 1. The molecule has 12 heteroatoms. The smallest absolute Gasteiger partial charge is 0.406 e. The van der Waals surface area contributed by atoms with Crippen LogP contribution in [0.15, 0.2) is 34.5 Å². The zero-order valence-corrected chi connectivity index (χ0v) is 22.7. The maximum absolute atomic E-state index is 14.4. The molecule has 1 amide bonds. The van der Waals surface area contributed by atoms with Crippen molar-refractivity contribution in [1.29, 1.82) is 0 Å². The minimum Gasteiger partial charge on any atom is -0.495 e. The van der Waals surface area contributed by atoms with E-state index in [-0.39, 0.29) is 24.3 Å². The number of anilines is 1.